The summed E-state index contributed by atoms with van der Waals surface area (Å²) in [7, 11) is 0. The standard InChI is InChI=1S/C9H20N2O/c1-4-5-9(12)11-8(3)6-7(2)10/h7-8H,4-6,10H2,1-3H3,(H,11,12). The van der Waals surface area contributed by atoms with E-state index in [-0.39, 0.29) is 18.0 Å². The summed E-state index contributed by atoms with van der Waals surface area (Å²) in [5, 5.41) is 2.89. The van der Waals surface area contributed by atoms with Crippen LogP contribution in [0.3, 0.4) is 0 Å². The van der Waals surface area contributed by atoms with Gasteiger partial charge in [0.2, 0.25) is 5.91 Å². The zero-order chi connectivity index (χ0) is 9.56. The average Bonchev–Trinajstić information content (AvgIpc) is 1.84. The molecule has 0 aromatic rings. The Morgan fingerprint density at radius 1 is 1.50 bits per heavy atom. The molecule has 0 aromatic carbocycles. The van der Waals surface area contributed by atoms with Crippen LogP contribution in [0.5, 0.6) is 0 Å². The lowest BCUT2D eigenvalue weighted by molar-refractivity contribution is -0.121. The van der Waals surface area contributed by atoms with Gasteiger partial charge in [-0.2, -0.15) is 0 Å². The molecule has 0 aromatic heterocycles. The molecule has 0 heterocycles. The maximum Gasteiger partial charge on any atom is 0.220 e. The van der Waals surface area contributed by atoms with Crippen LogP contribution < -0.4 is 11.1 Å². The molecule has 3 N–H and O–H groups in total. The number of rotatable bonds is 5. The predicted molar refractivity (Wildman–Crippen MR) is 50.8 cm³/mol. The Kier molecular flexibility index (Phi) is 5.72. The van der Waals surface area contributed by atoms with Crippen molar-refractivity contribution in [1.29, 1.82) is 0 Å². The first-order valence-corrected chi connectivity index (χ1v) is 4.61. The van der Waals surface area contributed by atoms with Gasteiger partial charge >= 0.3 is 0 Å². The van der Waals surface area contributed by atoms with Crippen LogP contribution in [0.1, 0.15) is 40.0 Å². The van der Waals surface area contributed by atoms with Crippen molar-refractivity contribution in [1.82, 2.24) is 5.32 Å². The van der Waals surface area contributed by atoms with Gasteiger partial charge in [-0.15, -0.1) is 0 Å². The summed E-state index contributed by atoms with van der Waals surface area (Å²) in [5.41, 5.74) is 5.59. The van der Waals surface area contributed by atoms with Crippen molar-refractivity contribution in [2.45, 2.75) is 52.1 Å². The monoisotopic (exact) mass is 172 g/mol. The topological polar surface area (TPSA) is 55.1 Å². The Hall–Kier alpha value is -0.570. The smallest absolute Gasteiger partial charge is 0.220 e. The Morgan fingerprint density at radius 2 is 2.08 bits per heavy atom. The highest BCUT2D eigenvalue weighted by Crippen LogP contribution is 1.95. The van der Waals surface area contributed by atoms with Crippen molar-refractivity contribution >= 4 is 5.91 Å². The van der Waals surface area contributed by atoms with Crippen molar-refractivity contribution < 1.29 is 4.79 Å². The van der Waals surface area contributed by atoms with Crippen molar-refractivity contribution in [3.63, 3.8) is 0 Å². The molecule has 0 aliphatic carbocycles. The molecule has 0 aliphatic heterocycles. The molecule has 0 saturated carbocycles. The Balaban J connectivity index is 3.54. The van der Waals surface area contributed by atoms with Gasteiger partial charge in [0.25, 0.3) is 0 Å². The minimum absolute atomic E-state index is 0.130. The van der Waals surface area contributed by atoms with E-state index < -0.39 is 0 Å². The van der Waals surface area contributed by atoms with Crippen LogP contribution in [-0.4, -0.2) is 18.0 Å². The number of amides is 1. The maximum absolute atomic E-state index is 11.1. The summed E-state index contributed by atoms with van der Waals surface area (Å²) in [6, 6.07) is 0.353. The zero-order valence-corrected chi connectivity index (χ0v) is 8.26. The van der Waals surface area contributed by atoms with E-state index in [0.717, 1.165) is 12.8 Å². The van der Waals surface area contributed by atoms with Gasteiger partial charge in [-0.1, -0.05) is 6.92 Å². The fraction of sp³-hybridized carbons (Fsp3) is 0.889. The Labute approximate surface area is 74.7 Å². The summed E-state index contributed by atoms with van der Waals surface area (Å²) in [4.78, 5) is 11.1. The van der Waals surface area contributed by atoms with Gasteiger partial charge in [0, 0.05) is 18.5 Å². The SMILES string of the molecule is CCCC(=O)NC(C)CC(C)N. The number of hydrogen-bond acceptors (Lipinski definition) is 2. The van der Waals surface area contributed by atoms with Crippen LogP contribution in [0.2, 0.25) is 0 Å². The van der Waals surface area contributed by atoms with E-state index in [1.54, 1.807) is 0 Å². The summed E-state index contributed by atoms with van der Waals surface area (Å²) in [6.07, 6.45) is 2.36. The van der Waals surface area contributed by atoms with Gasteiger partial charge in [0.1, 0.15) is 0 Å². The lowest BCUT2D eigenvalue weighted by Gasteiger charge is -2.15. The molecule has 2 unspecified atom stereocenters. The third-order valence-electron chi connectivity index (χ3n) is 1.61. The molecule has 2 atom stereocenters. The minimum atomic E-state index is 0.130. The summed E-state index contributed by atoms with van der Waals surface area (Å²) in [5.74, 6) is 0.130. The van der Waals surface area contributed by atoms with Gasteiger partial charge in [-0.25, -0.2) is 0 Å². The van der Waals surface area contributed by atoms with E-state index in [4.69, 9.17) is 5.73 Å². The largest absolute Gasteiger partial charge is 0.354 e. The van der Waals surface area contributed by atoms with Crippen LogP contribution in [0, 0.1) is 0 Å². The molecule has 1 amide bonds. The molecule has 0 aliphatic rings. The Bertz CT molecular complexity index is 134. The number of hydrogen-bond donors (Lipinski definition) is 2. The highest BCUT2D eigenvalue weighted by Gasteiger charge is 2.07. The quantitative estimate of drug-likeness (QED) is 0.650. The molecule has 0 fully saturated rings. The first-order chi connectivity index (χ1) is 5.56. The first-order valence-electron chi connectivity index (χ1n) is 4.61. The van der Waals surface area contributed by atoms with Crippen molar-refractivity contribution in [2.24, 2.45) is 5.73 Å². The third-order valence-corrected chi connectivity index (χ3v) is 1.61. The van der Waals surface area contributed by atoms with Crippen LogP contribution in [-0.2, 0) is 4.79 Å². The molecule has 72 valence electrons. The van der Waals surface area contributed by atoms with Gasteiger partial charge in [0.05, 0.1) is 0 Å². The van der Waals surface area contributed by atoms with Gasteiger partial charge in [0.15, 0.2) is 0 Å². The number of carbonyl (C=O) groups is 1. The molecular weight excluding hydrogens is 152 g/mol. The van der Waals surface area contributed by atoms with E-state index in [1.165, 1.54) is 0 Å². The highest BCUT2D eigenvalue weighted by molar-refractivity contribution is 5.76. The molecule has 12 heavy (non-hydrogen) atoms. The van der Waals surface area contributed by atoms with Crippen molar-refractivity contribution in [3.8, 4) is 0 Å². The number of carbonyl (C=O) groups excluding carboxylic acids is 1. The number of nitrogens with one attached hydrogen (secondary N) is 1. The zero-order valence-electron chi connectivity index (χ0n) is 8.26. The van der Waals surface area contributed by atoms with E-state index in [2.05, 4.69) is 5.32 Å². The lowest BCUT2D eigenvalue weighted by Crippen LogP contribution is -2.36. The van der Waals surface area contributed by atoms with Crippen LogP contribution >= 0.6 is 0 Å². The fourth-order valence-corrected chi connectivity index (χ4v) is 1.19. The Morgan fingerprint density at radius 3 is 2.50 bits per heavy atom. The van der Waals surface area contributed by atoms with Crippen molar-refractivity contribution in [2.75, 3.05) is 0 Å². The van der Waals surface area contributed by atoms with Crippen LogP contribution in [0.25, 0.3) is 0 Å². The predicted octanol–water partition coefficient (Wildman–Crippen LogP) is 1.03. The van der Waals surface area contributed by atoms with E-state index >= 15 is 0 Å². The van der Waals surface area contributed by atoms with Gasteiger partial charge < -0.3 is 11.1 Å². The molecule has 3 heteroatoms. The fourth-order valence-electron chi connectivity index (χ4n) is 1.19. The van der Waals surface area contributed by atoms with Crippen LogP contribution in [0.15, 0.2) is 0 Å². The van der Waals surface area contributed by atoms with Gasteiger partial charge in [-0.3, -0.25) is 4.79 Å². The molecule has 0 bridgehead atoms. The lowest BCUT2D eigenvalue weighted by atomic mass is 10.1. The molecule has 0 rings (SSSR count). The summed E-state index contributed by atoms with van der Waals surface area (Å²) < 4.78 is 0. The minimum Gasteiger partial charge on any atom is -0.354 e. The van der Waals surface area contributed by atoms with Gasteiger partial charge in [-0.05, 0) is 26.7 Å². The van der Waals surface area contributed by atoms with Crippen LogP contribution in [0.4, 0.5) is 0 Å². The second-order valence-corrected chi connectivity index (χ2v) is 3.43. The second kappa shape index (κ2) is 6.00. The number of nitrogens with two attached hydrogens (primary N) is 1. The third kappa shape index (κ3) is 6.16. The molecule has 0 spiro atoms. The molecule has 0 saturated heterocycles. The molecular formula is C9H20N2O. The summed E-state index contributed by atoms with van der Waals surface area (Å²) in [6.45, 7) is 5.93. The molecule has 3 nitrogen and oxygen atoms in total. The van der Waals surface area contributed by atoms with E-state index in [0.29, 0.717) is 6.42 Å². The van der Waals surface area contributed by atoms with Crippen molar-refractivity contribution in [3.05, 3.63) is 0 Å². The average molecular weight is 172 g/mol. The van der Waals surface area contributed by atoms with E-state index in [1.807, 2.05) is 20.8 Å². The maximum atomic E-state index is 11.1. The van der Waals surface area contributed by atoms with E-state index in [9.17, 15) is 4.79 Å². The second-order valence-electron chi connectivity index (χ2n) is 3.43. The normalized spacial score (nSPS) is 15.3. The summed E-state index contributed by atoms with van der Waals surface area (Å²) >= 11 is 0. The highest BCUT2D eigenvalue weighted by atomic mass is 16.1. The molecule has 0 radical (unpaired) electrons. The first kappa shape index (κ1) is 11.4.